The van der Waals surface area contributed by atoms with Crippen LogP contribution in [0.25, 0.3) is 11.0 Å². The van der Waals surface area contributed by atoms with Gasteiger partial charge in [-0.05, 0) is 23.7 Å². The van der Waals surface area contributed by atoms with Gasteiger partial charge in [0.1, 0.15) is 5.58 Å². The minimum Gasteiger partial charge on any atom is -0.450 e. The van der Waals surface area contributed by atoms with Gasteiger partial charge in [-0.25, -0.2) is 0 Å². The fourth-order valence-electron chi connectivity index (χ4n) is 4.00. The number of furan rings is 1. The number of carbonyl (C=O) groups is 2. The number of halogens is 1. The molecule has 2 aromatic heterocycles. The zero-order valence-electron chi connectivity index (χ0n) is 17.7. The van der Waals surface area contributed by atoms with Gasteiger partial charge in [0.2, 0.25) is 17.2 Å². The molecule has 33 heavy (non-hydrogen) atoms. The Hall–Kier alpha value is -3.44. The zero-order chi connectivity index (χ0) is 22.9. The van der Waals surface area contributed by atoms with E-state index in [1.807, 2.05) is 9.80 Å². The lowest BCUT2D eigenvalue weighted by molar-refractivity contribution is 0.0716. The van der Waals surface area contributed by atoms with Gasteiger partial charge in [0.15, 0.2) is 5.76 Å². The molecule has 2 saturated heterocycles. The summed E-state index contributed by atoms with van der Waals surface area (Å²) in [6, 6.07) is 6.69. The van der Waals surface area contributed by atoms with Crippen LogP contribution in [0.5, 0.6) is 0 Å². The number of nitrogens with zero attached hydrogens (tertiary/aromatic N) is 6. The third kappa shape index (κ3) is 4.29. The average Bonchev–Trinajstić information content (AvgIpc) is 3.28. The molecule has 0 bridgehead atoms. The number of primary amides is 1. The van der Waals surface area contributed by atoms with Crippen LogP contribution in [0.15, 0.2) is 28.7 Å². The maximum Gasteiger partial charge on any atom is 0.289 e. The standard InChI is InChI=1S/C21H22ClN7O4/c22-19-24-20(26-21(25-19)29-8-10-32-11-9-29)28-6-4-27(5-7-28)18(31)15-12-13-2-1-3-14(17(23)30)16(13)33-15/h1-3,12H,4-11H2,(H2,23,30). The normalized spacial score (nSPS) is 16.9. The van der Waals surface area contributed by atoms with Gasteiger partial charge in [0, 0.05) is 44.7 Å². The van der Waals surface area contributed by atoms with Crippen molar-refractivity contribution >= 4 is 46.3 Å². The highest BCUT2D eigenvalue weighted by Crippen LogP contribution is 2.25. The van der Waals surface area contributed by atoms with E-state index < -0.39 is 5.91 Å². The molecule has 2 aliphatic rings. The maximum absolute atomic E-state index is 13.0. The minimum absolute atomic E-state index is 0.132. The van der Waals surface area contributed by atoms with Gasteiger partial charge >= 0.3 is 0 Å². The SMILES string of the molecule is NC(=O)c1cccc2cc(C(=O)N3CCN(c4nc(Cl)nc(N5CCOCC5)n4)CC3)oc12. The molecule has 12 heteroatoms. The van der Waals surface area contributed by atoms with E-state index in [-0.39, 0.29) is 22.5 Å². The van der Waals surface area contributed by atoms with Crippen LogP contribution in [0.1, 0.15) is 20.9 Å². The second kappa shape index (κ2) is 8.83. The van der Waals surface area contributed by atoms with E-state index in [0.717, 1.165) is 0 Å². The number of rotatable bonds is 4. The second-order valence-corrected chi connectivity index (χ2v) is 8.12. The van der Waals surface area contributed by atoms with E-state index in [1.165, 1.54) is 0 Å². The van der Waals surface area contributed by atoms with Crippen LogP contribution in [0.4, 0.5) is 11.9 Å². The Morgan fingerprint density at radius 2 is 1.61 bits per heavy atom. The first-order valence-electron chi connectivity index (χ1n) is 10.6. The van der Waals surface area contributed by atoms with Crippen LogP contribution >= 0.6 is 11.6 Å². The second-order valence-electron chi connectivity index (χ2n) is 7.78. The summed E-state index contributed by atoms with van der Waals surface area (Å²) in [5.41, 5.74) is 5.98. The number of para-hydroxylation sites is 1. The quantitative estimate of drug-likeness (QED) is 0.595. The third-order valence-corrected chi connectivity index (χ3v) is 5.92. The summed E-state index contributed by atoms with van der Waals surface area (Å²) >= 11 is 6.16. The fourth-order valence-corrected chi connectivity index (χ4v) is 4.15. The lowest BCUT2D eigenvalue weighted by atomic mass is 10.1. The van der Waals surface area contributed by atoms with Crippen LogP contribution < -0.4 is 15.5 Å². The van der Waals surface area contributed by atoms with Crippen molar-refractivity contribution in [2.75, 3.05) is 62.3 Å². The minimum atomic E-state index is -0.602. The molecule has 0 unspecified atom stereocenters. The van der Waals surface area contributed by atoms with Gasteiger partial charge in [-0.3, -0.25) is 9.59 Å². The molecule has 2 aliphatic heterocycles. The van der Waals surface area contributed by atoms with Gasteiger partial charge in [0.05, 0.1) is 18.8 Å². The topological polar surface area (TPSA) is 131 Å². The van der Waals surface area contributed by atoms with Gasteiger partial charge in [-0.1, -0.05) is 12.1 Å². The molecular weight excluding hydrogens is 450 g/mol. The van der Waals surface area contributed by atoms with Crippen molar-refractivity contribution in [3.63, 3.8) is 0 Å². The van der Waals surface area contributed by atoms with Crippen LogP contribution in [0.2, 0.25) is 5.28 Å². The van der Waals surface area contributed by atoms with E-state index in [0.29, 0.717) is 75.3 Å². The number of piperazine rings is 1. The van der Waals surface area contributed by atoms with E-state index >= 15 is 0 Å². The van der Waals surface area contributed by atoms with Crippen molar-refractivity contribution in [2.24, 2.45) is 5.73 Å². The molecule has 5 rings (SSSR count). The van der Waals surface area contributed by atoms with Gasteiger partial charge < -0.3 is 29.6 Å². The predicted molar refractivity (Wildman–Crippen MR) is 121 cm³/mol. The number of morpholine rings is 1. The fraction of sp³-hybridized carbons (Fsp3) is 0.381. The summed E-state index contributed by atoms with van der Waals surface area (Å²) in [5.74, 6) is 0.335. The van der Waals surface area contributed by atoms with Crippen molar-refractivity contribution in [3.8, 4) is 0 Å². The molecule has 4 heterocycles. The first-order chi connectivity index (χ1) is 16.0. The predicted octanol–water partition coefficient (Wildman–Crippen LogP) is 1.17. The lowest BCUT2D eigenvalue weighted by Gasteiger charge is -2.34. The summed E-state index contributed by atoms with van der Waals surface area (Å²) < 4.78 is 11.1. The molecule has 2 fully saturated rings. The Balaban J connectivity index is 1.29. The first kappa shape index (κ1) is 21.4. The van der Waals surface area contributed by atoms with E-state index in [1.54, 1.807) is 29.2 Å². The lowest BCUT2D eigenvalue weighted by Crippen LogP contribution is -2.49. The zero-order valence-corrected chi connectivity index (χ0v) is 18.5. The van der Waals surface area contributed by atoms with Gasteiger partial charge in [0.25, 0.3) is 11.8 Å². The van der Waals surface area contributed by atoms with E-state index in [9.17, 15) is 9.59 Å². The van der Waals surface area contributed by atoms with E-state index in [2.05, 4.69) is 15.0 Å². The first-order valence-corrected chi connectivity index (χ1v) is 11.0. The molecule has 0 atom stereocenters. The number of aromatic nitrogens is 3. The number of anilines is 2. The summed E-state index contributed by atoms with van der Waals surface area (Å²) in [7, 11) is 0. The highest BCUT2D eigenvalue weighted by Gasteiger charge is 2.27. The number of ether oxygens (including phenoxy) is 1. The molecule has 1 aromatic carbocycles. The largest absolute Gasteiger partial charge is 0.450 e. The molecule has 0 radical (unpaired) electrons. The molecule has 0 spiro atoms. The summed E-state index contributed by atoms with van der Waals surface area (Å²) in [4.78, 5) is 43.5. The van der Waals surface area contributed by atoms with Crippen molar-refractivity contribution in [1.29, 1.82) is 0 Å². The summed E-state index contributed by atoms with van der Waals surface area (Å²) in [6.07, 6.45) is 0. The molecule has 172 valence electrons. The molecule has 11 nitrogen and oxygen atoms in total. The maximum atomic E-state index is 13.0. The molecule has 0 aliphatic carbocycles. The molecule has 2 N–H and O–H groups in total. The molecule has 0 saturated carbocycles. The number of fused-ring (bicyclic) bond motifs is 1. The smallest absolute Gasteiger partial charge is 0.289 e. The van der Waals surface area contributed by atoms with Crippen LogP contribution in [-0.2, 0) is 4.74 Å². The van der Waals surface area contributed by atoms with Crippen LogP contribution in [0.3, 0.4) is 0 Å². The Labute approximate surface area is 194 Å². The summed E-state index contributed by atoms with van der Waals surface area (Å²) in [5, 5.41) is 0.788. The summed E-state index contributed by atoms with van der Waals surface area (Å²) in [6.45, 7) is 4.57. The molecular formula is C21H22ClN7O4. The number of hydrogen-bond donors (Lipinski definition) is 1. The Morgan fingerprint density at radius 1 is 0.939 bits per heavy atom. The third-order valence-electron chi connectivity index (χ3n) is 5.75. The van der Waals surface area contributed by atoms with Gasteiger partial charge in [-0.2, -0.15) is 15.0 Å². The van der Waals surface area contributed by atoms with Crippen LogP contribution in [-0.4, -0.2) is 84.1 Å². The monoisotopic (exact) mass is 471 g/mol. The number of nitrogens with two attached hydrogens (primary N) is 1. The Kier molecular flexibility index (Phi) is 5.73. The van der Waals surface area contributed by atoms with Crippen molar-refractivity contribution in [2.45, 2.75) is 0 Å². The highest BCUT2D eigenvalue weighted by atomic mass is 35.5. The Morgan fingerprint density at radius 3 is 2.27 bits per heavy atom. The number of carbonyl (C=O) groups excluding carboxylic acids is 2. The average molecular weight is 472 g/mol. The van der Waals surface area contributed by atoms with Crippen molar-refractivity contribution in [1.82, 2.24) is 19.9 Å². The van der Waals surface area contributed by atoms with Crippen molar-refractivity contribution < 1.29 is 18.7 Å². The van der Waals surface area contributed by atoms with Crippen molar-refractivity contribution in [3.05, 3.63) is 40.9 Å². The highest BCUT2D eigenvalue weighted by molar-refractivity contribution is 6.28. The number of benzene rings is 1. The number of amides is 2. The van der Waals surface area contributed by atoms with E-state index in [4.69, 9.17) is 26.5 Å². The molecule has 3 aromatic rings. The van der Waals surface area contributed by atoms with Gasteiger partial charge in [-0.15, -0.1) is 0 Å². The Bertz CT molecular complexity index is 1200. The van der Waals surface area contributed by atoms with Crippen LogP contribution in [0, 0.1) is 0 Å². The number of hydrogen-bond acceptors (Lipinski definition) is 9. The molecule has 2 amide bonds.